The molecule has 0 radical (unpaired) electrons. The average Bonchev–Trinajstić information content (AvgIpc) is 2.41. The molecule has 0 aliphatic rings. The Morgan fingerprint density at radius 1 is 0.875 bits per heavy atom. The zero-order valence-corrected chi connectivity index (χ0v) is 11.7. The van der Waals surface area contributed by atoms with E-state index >= 15 is 0 Å². The lowest BCUT2D eigenvalue weighted by Crippen LogP contribution is -1.95. The number of rotatable bonds is 4. The van der Waals surface area contributed by atoms with Gasteiger partial charge in [-0.15, -0.1) is 0 Å². The first kappa shape index (κ1) is 17.6. The Hall–Kier alpha value is -0.820. The predicted octanol–water partition coefficient (Wildman–Crippen LogP) is 4.54. The van der Waals surface area contributed by atoms with Crippen molar-refractivity contribution >= 4 is 0 Å². The van der Waals surface area contributed by atoms with Gasteiger partial charge < -0.3 is 5.73 Å². The van der Waals surface area contributed by atoms with Crippen LogP contribution in [0.25, 0.3) is 0 Å². The Kier molecular flexibility index (Phi) is 15.6. The molecule has 0 aliphatic carbocycles. The van der Waals surface area contributed by atoms with Gasteiger partial charge in [0.1, 0.15) is 0 Å². The lowest BCUT2D eigenvalue weighted by atomic mass is 10.1. The highest BCUT2D eigenvalue weighted by Gasteiger charge is 1.92. The van der Waals surface area contributed by atoms with Gasteiger partial charge in [0.05, 0.1) is 0 Å². The summed E-state index contributed by atoms with van der Waals surface area (Å²) in [7, 11) is 0. The molecule has 0 aliphatic heterocycles. The highest BCUT2D eigenvalue weighted by molar-refractivity contribution is 5.22. The van der Waals surface area contributed by atoms with Crippen molar-refractivity contribution < 1.29 is 0 Å². The molecule has 0 fully saturated rings. The molecule has 1 heteroatoms. The van der Waals surface area contributed by atoms with E-state index in [2.05, 4.69) is 31.2 Å². The van der Waals surface area contributed by atoms with Crippen molar-refractivity contribution in [2.45, 2.75) is 60.4 Å². The zero-order valence-electron chi connectivity index (χ0n) is 11.7. The second kappa shape index (κ2) is 14.2. The fourth-order valence-electron chi connectivity index (χ4n) is 1.22. The molecule has 0 spiro atoms. The van der Waals surface area contributed by atoms with E-state index in [1.54, 1.807) is 0 Å². The molecule has 94 valence electrons. The van der Waals surface area contributed by atoms with Gasteiger partial charge in [-0.05, 0) is 24.0 Å². The first-order valence-corrected chi connectivity index (χ1v) is 6.64. The molecule has 1 aromatic rings. The normalized spacial score (nSPS) is 8.38. The van der Waals surface area contributed by atoms with E-state index in [0.29, 0.717) is 6.54 Å². The van der Waals surface area contributed by atoms with Crippen LogP contribution < -0.4 is 5.73 Å². The Morgan fingerprint density at radius 3 is 1.69 bits per heavy atom. The maximum Gasteiger partial charge on any atom is 0.0178 e. The standard InChI is InChI=1S/C11H17N.2C2H6/c1-2-3-4-10-5-7-11(9-12)8-6-10;2*1-2/h5-8H,2-4,9,12H2,1H3;2*1-2H3. The second-order valence-corrected chi connectivity index (χ2v) is 3.12. The van der Waals surface area contributed by atoms with Gasteiger partial charge in [0.2, 0.25) is 0 Å². The van der Waals surface area contributed by atoms with E-state index in [4.69, 9.17) is 5.73 Å². The van der Waals surface area contributed by atoms with Gasteiger partial charge in [-0.2, -0.15) is 0 Å². The van der Waals surface area contributed by atoms with E-state index in [9.17, 15) is 0 Å². The Morgan fingerprint density at radius 2 is 1.31 bits per heavy atom. The topological polar surface area (TPSA) is 26.0 Å². The minimum absolute atomic E-state index is 0.647. The maximum atomic E-state index is 5.50. The molecule has 0 unspecified atom stereocenters. The molecular formula is C15H29N. The summed E-state index contributed by atoms with van der Waals surface area (Å²) < 4.78 is 0. The van der Waals surface area contributed by atoms with Crippen LogP contribution in [-0.2, 0) is 13.0 Å². The summed E-state index contributed by atoms with van der Waals surface area (Å²) >= 11 is 0. The minimum Gasteiger partial charge on any atom is -0.326 e. The Bertz CT molecular complexity index is 213. The van der Waals surface area contributed by atoms with Crippen molar-refractivity contribution in [3.05, 3.63) is 35.4 Å². The molecule has 16 heavy (non-hydrogen) atoms. The number of nitrogens with two attached hydrogens (primary N) is 1. The molecule has 0 aromatic heterocycles. The van der Waals surface area contributed by atoms with Crippen LogP contribution in [0.2, 0.25) is 0 Å². The fraction of sp³-hybridized carbons (Fsp3) is 0.600. The van der Waals surface area contributed by atoms with E-state index in [1.165, 1.54) is 30.4 Å². The van der Waals surface area contributed by atoms with E-state index < -0.39 is 0 Å². The molecule has 1 nitrogen and oxygen atoms in total. The van der Waals surface area contributed by atoms with E-state index in [-0.39, 0.29) is 0 Å². The van der Waals surface area contributed by atoms with E-state index in [0.717, 1.165) is 0 Å². The number of aryl methyl sites for hydroxylation is 1. The Balaban J connectivity index is 0. The SMILES string of the molecule is CC.CC.CCCCc1ccc(CN)cc1. The molecular weight excluding hydrogens is 194 g/mol. The van der Waals surface area contributed by atoms with Crippen LogP contribution in [0.4, 0.5) is 0 Å². The highest BCUT2D eigenvalue weighted by atomic mass is 14.5. The third kappa shape index (κ3) is 8.49. The van der Waals surface area contributed by atoms with Crippen molar-refractivity contribution in [2.24, 2.45) is 5.73 Å². The summed E-state index contributed by atoms with van der Waals surface area (Å²) in [5.74, 6) is 0. The third-order valence-electron chi connectivity index (χ3n) is 2.08. The third-order valence-corrected chi connectivity index (χ3v) is 2.08. The molecule has 1 aromatic carbocycles. The summed E-state index contributed by atoms with van der Waals surface area (Å²) in [5.41, 5.74) is 8.14. The number of benzene rings is 1. The van der Waals surface area contributed by atoms with Gasteiger partial charge in [0.25, 0.3) is 0 Å². The number of hydrogen-bond acceptors (Lipinski definition) is 1. The van der Waals surface area contributed by atoms with Gasteiger partial charge in [-0.1, -0.05) is 65.3 Å². The lowest BCUT2D eigenvalue weighted by Gasteiger charge is -2.00. The number of hydrogen-bond donors (Lipinski definition) is 1. The summed E-state index contributed by atoms with van der Waals surface area (Å²) in [5, 5.41) is 0. The van der Waals surface area contributed by atoms with Gasteiger partial charge in [0.15, 0.2) is 0 Å². The van der Waals surface area contributed by atoms with Crippen molar-refractivity contribution in [2.75, 3.05) is 0 Å². The van der Waals surface area contributed by atoms with Crippen LogP contribution in [0.5, 0.6) is 0 Å². The Labute approximate surface area is 102 Å². The maximum absolute atomic E-state index is 5.50. The minimum atomic E-state index is 0.647. The van der Waals surface area contributed by atoms with Crippen LogP contribution in [0.1, 0.15) is 58.6 Å². The van der Waals surface area contributed by atoms with Gasteiger partial charge in [-0.3, -0.25) is 0 Å². The zero-order chi connectivity index (χ0) is 12.8. The van der Waals surface area contributed by atoms with Crippen LogP contribution in [-0.4, -0.2) is 0 Å². The molecule has 0 bridgehead atoms. The predicted molar refractivity (Wildman–Crippen MR) is 75.6 cm³/mol. The monoisotopic (exact) mass is 223 g/mol. The lowest BCUT2D eigenvalue weighted by molar-refractivity contribution is 0.794. The molecule has 1 rings (SSSR count). The van der Waals surface area contributed by atoms with Crippen molar-refractivity contribution in [1.29, 1.82) is 0 Å². The van der Waals surface area contributed by atoms with Crippen LogP contribution in [0.15, 0.2) is 24.3 Å². The van der Waals surface area contributed by atoms with Gasteiger partial charge >= 0.3 is 0 Å². The first-order valence-electron chi connectivity index (χ1n) is 6.64. The largest absolute Gasteiger partial charge is 0.326 e. The van der Waals surface area contributed by atoms with Gasteiger partial charge in [-0.25, -0.2) is 0 Å². The fourth-order valence-corrected chi connectivity index (χ4v) is 1.22. The molecule has 0 amide bonds. The van der Waals surface area contributed by atoms with Crippen LogP contribution >= 0.6 is 0 Å². The molecule has 0 saturated carbocycles. The summed E-state index contributed by atoms with van der Waals surface area (Å²) in [6.07, 6.45) is 3.74. The molecule has 0 atom stereocenters. The van der Waals surface area contributed by atoms with Crippen molar-refractivity contribution in [1.82, 2.24) is 0 Å². The van der Waals surface area contributed by atoms with E-state index in [1.807, 2.05) is 27.7 Å². The van der Waals surface area contributed by atoms with Crippen molar-refractivity contribution in [3.63, 3.8) is 0 Å². The smallest absolute Gasteiger partial charge is 0.0178 e. The van der Waals surface area contributed by atoms with Crippen LogP contribution in [0, 0.1) is 0 Å². The van der Waals surface area contributed by atoms with Crippen LogP contribution in [0.3, 0.4) is 0 Å². The van der Waals surface area contributed by atoms with Crippen molar-refractivity contribution in [3.8, 4) is 0 Å². The summed E-state index contributed by atoms with van der Waals surface area (Å²) in [6.45, 7) is 10.9. The highest BCUT2D eigenvalue weighted by Crippen LogP contribution is 2.06. The average molecular weight is 223 g/mol. The van der Waals surface area contributed by atoms with Gasteiger partial charge in [0, 0.05) is 6.54 Å². The second-order valence-electron chi connectivity index (χ2n) is 3.12. The quantitative estimate of drug-likeness (QED) is 0.796. The molecule has 2 N–H and O–H groups in total. The summed E-state index contributed by atoms with van der Waals surface area (Å²) in [4.78, 5) is 0. The number of unbranched alkanes of at least 4 members (excludes halogenated alkanes) is 1. The first-order chi connectivity index (χ1) is 7.86. The summed E-state index contributed by atoms with van der Waals surface area (Å²) in [6, 6.07) is 8.59. The molecule has 0 saturated heterocycles. The molecule has 0 heterocycles.